The van der Waals surface area contributed by atoms with E-state index in [9.17, 15) is 17.6 Å². The first kappa shape index (κ1) is 23.1. The van der Waals surface area contributed by atoms with Crippen LogP contribution >= 0.6 is 0 Å². The van der Waals surface area contributed by atoms with Crippen LogP contribution in [0.5, 0.6) is 0 Å². The number of carbonyl (C=O) groups is 1. The Bertz CT molecular complexity index is 1030. The number of nitrogens with one attached hydrogen (secondary N) is 2. The summed E-state index contributed by atoms with van der Waals surface area (Å²) in [4.78, 5) is 12.7. The number of ether oxygens (including phenoxy) is 1. The Morgan fingerprint density at radius 2 is 1.97 bits per heavy atom. The molecule has 4 N–H and O–H groups in total. The van der Waals surface area contributed by atoms with Gasteiger partial charge in [-0.25, -0.2) is 12.8 Å². The predicted octanol–water partition coefficient (Wildman–Crippen LogP) is 1.67. The molecule has 2 atom stereocenters. The van der Waals surface area contributed by atoms with Crippen molar-refractivity contribution in [2.24, 2.45) is 11.7 Å². The zero-order valence-electron chi connectivity index (χ0n) is 17.5. The molecule has 2 aromatic rings. The number of benzene rings is 2. The van der Waals surface area contributed by atoms with E-state index in [4.69, 9.17) is 10.5 Å². The van der Waals surface area contributed by atoms with E-state index in [-0.39, 0.29) is 10.8 Å². The van der Waals surface area contributed by atoms with E-state index in [2.05, 4.69) is 10.6 Å². The zero-order valence-corrected chi connectivity index (χ0v) is 18.3. The van der Waals surface area contributed by atoms with Crippen LogP contribution in [0.2, 0.25) is 0 Å². The summed E-state index contributed by atoms with van der Waals surface area (Å²) in [5.41, 5.74) is 7.69. The van der Waals surface area contributed by atoms with E-state index in [1.54, 1.807) is 25.2 Å². The molecule has 1 amide bonds. The Morgan fingerprint density at radius 3 is 2.61 bits per heavy atom. The minimum Gasteiger partial charge on any atom is -0.366 e. The highest BCUT2D eigenvalue weighted by molar-refractivity contribution is 7.92. The number of aryl methyl sites for hydroxylation is 1. The summed E-state index contributed by atoms with van der Waals surface area (Å²) in [5, 5.41) is 5.72. The second-order valence-electron chi connectivity index (χ2n) is 7.33. The highest BCUT2D eigenvalue weighted by Gasteiger charge is 2.30. The summed E-state index contributed by atoms with van der Waals surface area (Å²) in [6, 6.07) is 9.92. The minimum atomic E-state index is -3.88. The number of nitrogens with two attached hydrogens (primary N) is 1. The van der Waals surface area contributed by atoms with Crippen LogP contribution in [-0.4, -0.2) is 47.8 Å². The molecule has 0 saturated carbocycles. The van der Waals surface area contributed by atoms with Crippen LogP contribution in [0.3, 0.4) is 0 Å². The number of anilines is 2. The third-order valence-corrected chi connectivity index (χ3v) is 7.09. The molecule has 0 bridgehead atoms. The van der Waals surface area contributed by atoms with Crippen LogP contribution in [0, 0.1) is 11.7 Å². The number of methoxy groups -OCH3 is 1. The lowest BCUT2D eigenvalue weighted by Gasteiger charge is -2.31. The van der Waals surface area contributed by atoms with Gasteiger partial charge in [-0.2, -0.15) is 0 Å². The fraction of sp³-hybridized carbons (Fsp3) is 0.381. The fourth-order valence-corrected chi connectivity index (χ4v) is 5.11. The lowest BCUT2D eigenvalue weighted by Crippen LogP contribution is -2.44. The van der Waals surface area contributed by atoms with Gasteiger partial charge in [-0.1, -0.05) is 6.07 Å². The smallest absolute Gasteiger partial charge is 0.264 e. The first-order valence-corrected chi connectivity index (χ1v) is 11.4. The maximum atomic E-state index is 13.3. The fourth-order valence-electron chi connectivity index (χ4n) is 3.58. The van der Waals surface area contributed by atoms with Gasteiger partial charge in [0.25, 0.3) is 10.0 Å². The number of halogens is 1. The summed E-state index contributed by atoms with van der Waals surface area (Å²) < 4.78 is 46.0. The van der Waals surface area contributed by atoms with Gasteiger partial charge in [0.2, 0.25) is 5.91 Å². The zero-order chi connectivity index (χ0) is 22.6. The van der Waals surface area contributed by atoms with Crippen molar-refractivity contribution in [2.45, 2.75) is 24.0 Å². The summed E-state index contributed by atoms with van der Waals surface area (Å²) in [5.74, 6) is -1.48. The molecule has 0 saturated heterocycles. The topological polar surface area (TPSA) is 114 Å². The van der Waals surface area contributed by atoms with Crippen LogP contribution in [0.4, 0.5) is 15.8 Å². The van der Waals surface area contributed by atoms with Gasteiger partial charge in [0.1, 0.15) is 12.0 Å². The number of rotatable bonds is 8. The van der Waals surface area contributed by atoms with Gasteiger partial charge < -0.3 is 21.1 Å². The van der Waals surface area contributed by atoms with Gasteiger partial charge in [-0.3, -0.25) is 9.10 Å². The van der Waals surface area contributed by atoms with E-state index >= 15 is 0 Å². The maximum Gasteiger partial charge on any atom is 0.264 e. The largest absolute Gasteiger partial charge is 0.366 e. The first-order valence-electron chi connectivity index (χ1n) is 9.93. The quantitative estimate of drug-likeness (QED) is 0.527. The maximum absolute atomic E-state index is 13.3. The second kappa shape index (κ2) is 9.73. The average molecular weight is 451 g/mol. The molecule has 1 aliphatic heterocycles. The van der Waals surface area contributed by atoms with Crippen LogP contribution in [-0.2, 0) is 26.0 Å². The lowest BCUT2D eigenvalue weighted by molar-refractivity contribution is -0.123. The van der Waals surface area contributed by atoms with Crippen molar-refractivity contribution in [2.75, 3.05) is 36.9 Å². The van der Waals surface area contributed by atoms with Crippen molar-refractivity contribution >= 4 is 27.3 Å². The molecule has 10 heteroatoms. The Balaban J connectivity index is 1.90. The third-order valence-electron chi connectivity index (χ3n) is 5.26. The first-order chi connectivity index (χ1) is 14.8. The van der Waals surface area contributed by atoms with Crippen molar-refractivity contribution in [3.05, 3.63) is 53.8 Å². The van der Waals surface area contributed by atoms with Gasteiger partial charge >= 0.3 is 0 Å². The Hall–Kier alpha value is -2.53. The van der Waals surface area contributed by atoms with E-state index in [1.165, 1.54) is 23.5 Å². The molecule has 8 nitrogen and oxygen atoms in total. The molecule has 3 rings (SSSR count). The molecular weight excluding hydrogens is 423 g/mol. The number of sulfonamides is 1. The molecule has 31 heavy (non-hydrogen) atoms. The van der Waals surface area contributed by atoms with Crippen LogP contribution < -0.4 is 20.7 Å². The lowest BCUT2D eigenvalue weighted by atomic mass is 10.0. The van der Waals surface area contributed by atoms with E-state index in [0.29, 0.717) is 30.9 Å². The molecule has 0 fully saturated rings. The number of fused-ring (bicyclic) bond motifs is 1. The number of carbonyl (C=O) groups excluding carboxylic acids is 1. The van der Waals surface area contributed by atoms with Crippen LogP contribution in [0.25, 0.3) is 0 Å². The van der Waals surface area contributed by atoms with Crippen LogP contribution in [0.15, 0.2) is 47.4 Å². The minimum absolute atomic E-state index is 0.0105. The SMILES string of the molecule is CNCC(C(=O)Nc1ccc2c(c1)N(S(=O)(=O)c1ccc(F)cc1)CCC2)C(N)OC. The van der Waals surface area contributed by atoms with Gasteiger partial charge in [0.05, 0.1) is 16.5 Å². The molecule has 0 radical (unpaired) electrons. The van der Waals surface area contributed by atoms with Crippen molar-refractivity contribution in [1.29, 1.82) is 0 Å². The molecule has 168 valence electrons. The molecule has 2 aromatic carbocycles. The monoisotopic (exact) mass is 450 g/mol. The predicted molar refractivity (Wildman–Crippen MR) is 117 cm³/mol. The summed E-state index contributed by atoms with van der Waals surface area (Å²) in [6.07, 6.45) is 0.586. The molecule has 1 aliphatic rings. The average Bonchev–Trinajstić information content (AvgIpc) is 2.76. The summed E-state index contributed by atoms with van der Waals surface area (Å²) in [6.45, 7) is 0.609. The van der Waals surface area contributed by atoms with Crippen molar-refractivity contribution in [3.8, 4) is 0 Å². The van der Waals surface area contributed by atoms with Crippen molar-refractivity contribution in [1.82, 2.24) is 5.32 Å². The van der Waals surface area contributed by atoms with Crippen LogP contribution in [0.1, 0.15) is 12.0 Å². The van der Waals surface area contributed by atoms with E-state index < -0.39 is 28.0 Å². The summed E-state index contributed by atoms with van der Waals surface area (Å²) in [7, 11) is -0.739. The normalized spacial score (nSPS) is 15.8. The number of nitrogens with zero attached hydrogens (tertiary/aromatic N) is 1. The molecule has 0 spiro atoms. The van der Waals surface area contributed by atoms with E-state index in [0.717, 1.165) is 24.1 Å². The van der Waals surface area contributed by atoms with Crippen molar-refractivity contribution < 1.29 is 22.3 Å². The molecule has 1 heterocycles. The molecular formula is C21H27FN4O4S. The molecule has 0 aliphatic carbocycles. The Morgan fingerprint density at radius 1 is 1.26 bits per heavy atom. The second-order valence-corrected chi connectivity index (χ2v) is 9.19. The molecule has 0 aromatic heterocycles. The third kappa shape index (κ3) is 5.04. The number of amides is 1. The van der Waals surface area contributed by atoms with E-state index in [1.807, 2.05) is 0 Å². The van der Waals surface area contributed by atoms with Gasteiger partial charge in [-0.05, 0) is 61.9 Å². The van der Waals surface area contributed by atoms with Gasteiger partial charge in [-0.15, -0.1) is 0 Å². The number of hydrogen-bond acceptors (Lipinski definition) is 6. The molecule has 2 unspecified atom stereocenters. The highest BCUT2D eigenvalue weighted by atomic mass is 32.2. The summed E-state index contributed by atoms with van der Waals surface area (Å²) >= 11 is 0. The highest BCUT2D eigenvalue weighted by Crippen LogP contribution is 2.34. The Kier molecular flexibility index (Phi) is 7.26. The Labute approximate surface area is 181 Å². The van der Waals surface area contributed by atoms with Crippen molar-refractivity contribution in [3.63, 3.8) is 0 Å². The van der Waals surface area contributed by atoms with Gasteiger partial charge in [0.15, 0.2) is 0 Å². The standard InChI is InChI=1S/C21H27FN4O4S/c1-24-13-18(20(23)30-2)21(27)25-16-8-5-14-4-3-11-26(19(14)12-16)31(28,29)17-9-6-15(22)7-10-17/h5-10,12,18,20,24H,3-4,11,13,23H2,1-2H3,(H,25,27). The number of hydrogen-bond donors (Lipinski definition) is 3. The van der Waals surface area contributed by atoms with Gasteiger partial charge in [0, 0.05) is 25.9 Å².